The number of nitrogens with zero attached hydrogens (tertiary/aromatic N) is 2. The van der Waals surface area contributed by atoms with Gasteiger partial charge in [0, 0.05) is 12.2 Å². The van der Waals surface area contributed by atoms with Crippen LogP contribution in [0.2, 0.25) is 0 Å². The Labute approximate surface area is 88.3 Å². The topological polar surface area (TPSA) is 43.8 Å². The van der Waals surface area contributed by atoms with Gasteiger partial charge in [-0.2, -0.15) is 0 Å². The van der Waals surface area contributed by atoms with Gasteiger partial charge in [0.2, 0.25) is 0 Å². The Bertz CT molecular complexity index is 297. The van der Waals surface area contributed by atoms with E-state index in [1.54, 1.807) is 6.20 Å². The highest BCUT2D eigenvalue weighted by Gasteiger charge is 2.15. The lowest BCUT2D eigenvalue weighted by molar-refractivity contribution is 0.125. The summed E-state index contributed by atoms with van der Waals surface area (Å²) < 4.78 is 25.9. The van der Waals surface area contributed by atoms with E-state index in [1.807, 2.05) is 13.8 Å². The van der Waals surface area contributed by atoms with Crippen LogP contribution in [0, 0.1) is 5.92 Å². The molecule has 15 heavy (non-hydrogen) atoms. The maximum atomic E-state index is 12.2. The Morgan fingerprint density at radius 2 is 2.13 bits per heavy atom. The van der Waals surface area contributed by atoms with Crippen molar-refractivity contribution in [1.29, 1.82) is 0 Å². The van der Waals surface area contributed by atoms with Crippen LogP contribution in [-0.2, 0) is 6.54 Å². The summed E-state index contributed by atoms with van der Waals surface area (Å²) in [6.07, 6.45) is 1.37. The number of hydrogen-bond donors (Lipinski definition) is 1. The molecule has 1 rings (SSSR count). The van der Waals surface area contributed by atoms with E-state index in [0.717, 1.165) is 6.42 Å². The summed E-state index contributed by atoms with van der Waals surface area (Å²) in [5.74, 6) is 0.440. The van der Waals surface area contributed by atoms with Crippen LogP contribution < -0.4 is 5.73 Å². The summed E-state index contributed by atoms with van der Waals surface area (Å²) >= 11 is 0. The fourth-order valence-corrected chi connectivity index (χ4v) is 1.57. The number of imidazole rings is 1. The van der Waals surface area contributed by atoms with E-state index < -0.39 is 6.43 Å². The van der Waals surface area contributed by atoms with Gasteiger partial charge in [-0.25, -0.2) is 13.8 Å². The van der Waals surface area contributed by atoms with Crippen molar-refractivity contribution in [3.63, 3.8) is 0 Å². The monoisotopic (exact) mass is 217 g/mol. The lowest BCUT2D eigenvalue weighted by atomic mass is 10.0. The average molecular weight is 217 g/mol. The zero-order valence-electron chi connectivity index (χ0n) is 9.03. The largest absolute Gasteiger partial charge is 0.327 e. The second-order valence-electron chi connectivity index (χ2n) is 4.10. The summed E-state index contributed by atoms with van der Waals surface area (Å²) in [6.45, 7) is 3.77. The molecule has 3 nitrogen and oxygen atoms in total. The lowest BCUT2D eigenvalue weighted by Gasteiger charge is -2.16. The van der Waals surface area contributed by atoms with E-state index in [-0.39, 0.29) is 12.6 Å². The quantitative estimate of drug-likeness (QED) is 0.821. The van der Waals surface area contributed by atoms with Crippen molar-refractivity contribution in [3.05, 3.63) is 18.2 Å². The minimum absolute atomic E-state index is 0.216. The van der Waals surface area contributed by atoms with Crippen LogP contribution >= 0.6 is 0 Å². The molecule has 1 aromatic heterocycles. The van der Waals surface area contributed by atoms with E-state index in [2.05, 4.69) is 4.98 Å². The molecule has 0 fully saturated rings. The highest BCUT2D eigenvalue weighted by Crippen LogP contribution is 2.18. The molecule has 0 aliphatic carbocycles. The van der Waals surface area contributed by atoms with Crippen LogP contribution in [0.3, 0.4) is 0 Å². The molecule has 86 valence electrons. The number of alkyl halides is 2. The molecule has 1 unspecified atom stereocenters. The molecule has 2 N–H and O–H groups in total. The van der Waals surface area contributed by atoms with Gasteiger partial charge in [-0.3, -0.25) is 0 Å². The zero-order valence-corrected chi connectivity index (χ0v) is 9.03. The van der Waals surface area contributed by atoms with Gasteiger partial charge in [0.1, 0.15) is 0 Å². The van der Waals surface area contributed by atoms with Crippen LogP contribution in [0.5, 0.6) is 0 Å². The molecule has 0 saturated carbocycles. The second-order valence-corrected chi connectivity index (χ2v) is 4.10. The maximum Gasteiger partial charge on any atom is 0.256 e. The van der Waals surface area contributed by atoms with Crippen molar-refractivity contribution < 1.29 is 8.78 Å². The van der Waals surface area contributed by atoms with Gasteiger partial charge in [-0.15, -0.1) is 0 Å². The Balaban J connectivity index is 2.71. The normalized spacial score (nSPS) is 13.8. The molecular weight excluding hydrogens is 200 g/mol. The first-order valence-corrected chi connectivity index (χ1v) is 5.04. The van der Waals surface area contributed by atoms with Gasteiger partial charge < -0.3 is 10.3 Å². The summed E-state index contributed by atoms with van der Waals surface area (Å²) in [4.78, 5) is 3.85. The van der Waals surface area contributed by atoms with Crippen LogP contribution in [0.1, 0.15) is 32.0 Å². The fourth-order valence-electron chi connectivity index (χ4n) is 1.57. The lowest BCUT2D eigenvalue weighted by Crippen LogP contribution is -2.19. The van der Waals surface area contributed by atoms with E-state index in [0.29, 0.717) is 11.6 Å². The van der Waals surface area contributed by atoms with Gasteiger partial charge in [0.05, 0.1) is 18.6 Å². The molecule has 5 heteroatoms. The number of halogens is 2. The molecule has 0 spiro atoms. The van der Waals surface area contributed by atoms with Crippen molar-refractivity contribution in [3.8, 4) is 0 Å². The van der Waals surface area contributed by atoms with Gasteiger partial charge in [-0.05, 0) is 12.3 Å². The van der Waals surface area contributed by atoms with Gasteiger partial charge in [-0.1, -0.05) is 13.8 Å². The SMILES string of the molecule is CC(C)CC(N)c1cncn1CC(F)F. The molecule has 0 saturated heterocycles. The molecule has 0 bridgehead atoms. The highest BCUT2D eigenvalue weighted by atomic mass is 19.3. The van der Waals surface area contributed by atoms with Gasteiger partial charge in [0.15, 0.2) is 0 Å². The molecule has 1 aromatic rings. The molecule has 0 aliphatic rings. The Morgan fingerprint density at radius 1 is 1.47 bits per heavy atom. The summed E-state index contributed by atoms with van der Waals surface area (Å²) in [5.41, 5.74) is 6.60. The average Bonchev–Trinajstić information content (AvgIpc) is 2.49. The first kappa shape index (κ1) is 12.1. The molecule has 0 amide bonds. The Hall–Kier alpha value is -0.970. The number of hydrogen-bond acceptors (Lipinski definition) is 2. The van der Waals surface area contributed by atoms with Crippen molar-refractivity contribution >= 4 is 0 Å². The Morgan fingerprint density at radius 3 is 2.67 bits per heavy atom. The van der Waals surface area contributed by atoms with Crippen molar-refractivity contribution in [2.45, 2.75) is 39.3 Å². The predicted octanol–water partition coefficient (Wildman–Crippen LogP) is 2.19. The molecule has 0 aliphatic heterocycles. The minimum atomic E-state index is -2.37. The third-order valence-corrected chi connectivity index (χ3v) is 2.18. The smallest absolute Gasteiger partial charge is 0.256 e. The van der Waals surface area contributed by atoms with Crippen LogP contribution in [0.15, 0.2) is 12.5 Å². The van der Waals surface area contributed by atoms with Crippen LogP contribution in [0.4, 0.5) is 8.78 Å². The number of rotatable bonds is 5. The minimum Gasteiger partial charge on any atom is -0.327 e. The standard InChI is InChI=1S/C10H17F2N3/c1-7(2)3-8(13)9-4-14-6-15(9)5-10(11)12/h4,6-8,10H,3,5,13H2,1-2H3. The van der Waals surface area contributed by atoms with E-state index in [9.17, 15) is 8.78 Å². The second kappa shape index (κ2) is 5.21. The van der Waals surface area contributed by atoms with E-state index in [1.165, 1.54) is 10.9 Å². The van der Waals surface area contributed by atoms with Crippen molar-refractivity contribution in [1.82, 2.24) is 9.55 Å². The summed E-state index contributed by atoms with van der Waals surface area (Å²) in [5, 5.41) is 0. The van der Waals surface area contributed by atoms with Crippen LogP contribution in [-0.4, -0.2) is 16.0 Å². The predicted molar refractivity (Wildman–Crippen MR) is 54.6 cm³/mol. The van der Waals surface area contributed by atoms with E-state index in [4.69, 9.17) is 5.73 Å². The first-order valence-electron chi connectivity index (χ1n) is 5.04. The molecule has 0 aromatic carbocycles. The molecule has 1 heterocycles. The highest BCUT2D eigenvalue weighted by molar-refractivity contribution is 5.04. The van der Waals surface area contributed by atoms with Crippen molar-refractivity contribution in [2.24, 2.45) is 11.7 Å². The van der Waals surface area contributed by atoms with Gasteiger partial charge in [0.25, 0.3) is 6.43 Å². The maximum absolute atomic E-state index is 12.2. The molecule has 1 atom stereocenters. The number of nitrogens with two attached hydrogens (primary N) is 1. The summed E-state index contributed by atoms with van der Waals surface area (Å²) in [7, 11) is 0. The Kier molecular flexibility index (Phi) is 4.20. The third kappa shape index (κ3) is 3.58. The van der Waals surface area contributed by atoms with Crippen molar-refractivity contribution in [2.75, 3.05) is 0 Å². The zero-order chi connectivity index (χ0) is 11.4. The fraction of sp³-hybridized carbons (Fsp3) is 0.700. The number of aromatic nitrogens is 2. The summed E-state index contributed by atoms with van der Waals surface area (Å²) in [6, 6.07) is -0.216. The molecular formula is C10H17F2N3. The first-order chi connectivity index (χ1) is 7.00. The van der Waals surface area contributed by atoms with Crippen LogP contribution in [0.25, 0.3) is 0 Å². The molecule has 0 radical (unpaired) electrons. The van der Waals surface area contributed by atoms with E-state index >= 15 is 0 Å². The van der Waals surface area contributed by atoms with Gasteiger partial charge >= 0.3 is 0 Å². The third-order valence-electron chi connectivity index (χ3n) is 2.18.